The number of hydrogen-bond donors (Lipinski definition) is 2. The number of likely N-dealkylation sites (N-methyl/N-ethyl adjacent to an activating group) is 1. The summed E-state index contributed by atoms with van der Waals surface area (Å²) in [5.41, 5.74) is 5.26. The van der Waals surface area contributed by atoms with E-state index in [0.717, 1.165) is 25.9 Å². The van der Waals surface area contributed by atoms with E-state index in [1.807, 2.05) is 0 Å². The third-order valence-electron chi connectivity index (χ3n) is 3.01. The number of unbranched alkanes of at least 4 members (excludes halogenated alkanes) is 1. The van der Waals surface area contributed by atoms with Crippen molar-refractivity contribution in [2.45, 2.75) is 44.7 Å². The molecule has 3 N–H and O–H groups in total. The van der Waals surface area contributed by atoms with E-state index >= 15 is 0 Å². The van der Waals surface area contributed by atoms with Gasteiger partial charge in [0.2, 0.25) is 5.91 Å². The number of nitrogens with zero attached hydrogens (tertiary/aromatic N) is 1. The van der Waals surface area contributed by atoms with E-state index in [1.54, 1.807) is 0 Å². The molecule has 0 aromatic rings. The summed E-state index contributed by atoms with van der Waals surface area (Å²) in [4.78, 5) is 13.3. The smallest absolute Gasteiger partial charge is 0.234 e. The van der Waals surface area contributed by atoms with Gasteiger partial charge in [0.25, 0.3) is 0 Å². The molecule has 4 heteroatoms. The fourth-order valence-electron chi connectivity index (χ4n) is 2.08. The predicted octanol–water partition coefficient (Wildman–Crippen LogP) is 0.324. The van der Waals surface area contributed by atoms with Crippen LogP contribution in [-0.2, 0) is 4.79 Å². The maximum atomic E-state index is 11.0. The van der Waals surface area contributed by atoms with Gasteiger partial charge in [-0.1, -0.05) is 13.3 Å². The molecule has 15 heavy (non-hydrogen) atoms. The Morgan fingerprint density at radius 2 is 2.27 bits per heavy atom. The lowest BCUT2D eigenvalue weighted by molar-refractivity contribution is -0.119. The lowest BCUT2D eigenvalue weighted by atomic mass is 10.2. The Morgan fingerprint density at radius 3 is 2.80 bits per heavy atom. The van der Waals surface area contributed by atoms with Gasteiger partial charge >= 0.3 is 0 Å². The molecule has 0 radical (unpaired) electrons. The Morgan fingerprint density at radius 1 is 1.53 bits per heavy atom. The maximum Gasteiger partial charge on any atom is 0.234 e. The number of amides is 1. The minimum atomic E-state index is -0.214. The standard InChI is InChI=1S/C11H23N3O/c1-3-4-7-14(2)8-9-5-6-10(13-9)11(12)15/h9-10,13H,3-8H2,1-2H3,(H2,12,15). The molecule has 4 nitrogen and oxygen atoms in total. The second-order valence-electron chi connectivity index (χ2n) is 4.51. The van der Waals surface area contributed by atoms with E-state index in [9.17, 15) is 4.79 Å². The van der Waals surface area contributed by atoms with Crippen LogP contribution in [0.1, 0.15) is 32.6 Å². The van der Waals surface area contributed by atoms with Gasteiger partial charge in [0, 0.05) is 12.6 Å². The van der Waals surface area contributed by atoms with Crippen molar-refractivity contribution in [1.82, 2.24) is 10.2 Å². The van der Waals surface area contributed by atoms with Crippen molar-refractivity contribution in [3.8, 4) is 0 Å². The number of rotatable bonds is 6. The zero-order chi connectivity index (χ0) is 11.3. The molecule has 1 amide bonds. The van der Waals surface area contributed by atoms with Gasteiger partial charge < -0.3 is 16.0 Å². The molecule has 0 aromatic heterocycles. The predicted molar refractivity (Wildman–Crippen MR) is 61.5 cm³/mol. The molecule has 1 aliphatic rings. The first kappa shape index (κ1) is 12.5. The SMILES string of the molecule is CCCCN(C)CC1CCC(C(N)=O)N1. The van der Waals surface area contributed by atoms with Crippen molar-refractivity contribution in [2.24, 2.45) is 5.73 Å². The van der Waals surface area contributed by atoms with E-state index in [4.69, 9.17) is 5.73 Å². The summed E-state index contributed by atoms with van der Waals surface area (Å²) in [5.74, 6) is -0.214. The molecule has 0 aromatic carbocycles. The van der Waals surface area contributed by atoms with Gasteiger partial charge in [0.1, 0.15) is 0 Å². The second-order valence-corrected chi connectivity index (χ2v) is 4.51. The summed E-state index contributed by atoms with van der Waals surface area (Å²) >= 11 is 0. The molecule has 1 fully saturated rings. The largest absolute Gasteiger partial charge is 0.368 e. The number of carbonyl (C=O) groups excluding carboxylic acids is 1. The monoisotopic (exact) mass is 213 g/mol. The Hall–Kier alpha value is -0.610. The fourth-order valence-corrected chi connectivity index (χ4v) is 2.08. The van der Waals surface area contributed by atoms with Gasteiger partial charge in [-0.05, 0) is 32.9 Å². The van der Waals surface area contributed by atoms with Crippen LogP contribution < -0.4 is 11.1 Å². The molecule has 0 aliphatic carbocycles. The summed E-state index contributed by atoms with van der Waals surface area (Å²) < 4.78 is 0. The zero-order valence-electron chi connectivity index (χ0n) is 9.83. The van der Waals surface area contributed by atoms with Crippen LogP contribution in [0.4, 0.5) is 0 Å². The van der Waals surface area contributed by atoms with E-state index < -0.39 is 0 Å². The normalized spacial score (nSPS) is 26.1. The van der Waals surface area contributed by atoms with Crippen LogP contribution in [0.5, 0.6) is 0 Å². The highest BCUT2D eigenvalue weighted by molar-refractivity contribution is 5.80. The van der Waals surface area contributed by atoms with Gasteiger partial charge in [0.15, 0.2) is 0 Å². The van der Waals surface area contributed by atoms with Crippen LogP contribution in [0, 0.1) is 0 Å². The van der Waals surface area contributed by atoms with Crippen molar-refractivity contribution < 1.29 is 4.79 Å². The van der Waals surface area contributed by atoms with Crippen LogP contribution in [0.15, 0.2) is 0 Å². The van der Waals surface area contributed by atoms with Crippen molar-refractivity contribution >= 4 is 5.91 Å². The van der Waals surface area contributed by atoms with Crippen molar-refractivity contribution in [3.63, 3.8) is 0 Å². The Bertz CT molecular complexity index is 208. The van der Waals surface area contributed by atoms with Crippen LogP contribution >= 0.6 is 0 Å². The second kappa shape index (κ2) is 6.08. The van der Waals surface area contributed by atoms with Crippen LogP contribution in [0.25, 0.3) is 0 Å². The molecular weight excluding hydrogens is 190 g/mol. The summed E-state index contributed by atoms with van der Waals surface area (Å²) in [6.45, 7) is 4.35. The summed E-state index contributed by atoms with van der Waals surface area (Å²) in [5, 5.41) is 3.28. The zero-order valence-corrected chi connectivity index (χ0v) is 9.83. The van der Waals surface area contributed by atoms with Gasteiger partial charge in [-0.3, -0.25) is 4.79 Å². The average molecular weight is 213 g/mol. The minimum Gasteiger partial charge on any atom is -0.368 e. The summed E-state index contributed by atoms with van der Waals surface area (Å²) in [6, 6.07) is 0.332. The van der Waals surface area contributed by atoms with Crippen LogP contribution in [-0.4, -0.2) is 43.0 Å². The fraction of sp³-hybridized carbons (Fsp3) is 0.909. The van der Waals surface area contributed by atoms with Crippen molar-refractivity contribution in [1.29, 1.82) is 0 Å². The molecular formula is C11H23N3O. The summed E-state index contributed by atoms with van der Waals surface area (Å²) in [6.07, 6.45) is 4.42. The van der Waals surface area contributed by atoms with E-state index in [2.05, 4.69) is 24.2 Å². The number of nitrogens with one attached hydrogen (secondary N) is 1. The van der Waals surface area contributed by atoms with E-state index in [0.29, 0.717) is 6.04 Å². The van der Waals surface area contributed by atoms with Gasteiger partial charge in [0.05, 0.1) is 6.04 Å². The molecule has 88 valence electrons. The molecule has 1 aliphatic heterocycles. The highest BCUT2D eigenvalue weighted by Crippen LogP contribution is 2.12. The summed E-state index contributed by atoms with van der Waals surface area (Å²) in [7, 11) is 2.13. The molecule has 2 unspecified atom stereocenters. The number of primary amides is 1. The first-order valence-electron chi connectivity index (χ1n) is 5.87. The molecule has 0 spiro atoms. The van der Waals surface area contributed by atoms with Crippen molar-refractivity contribution in [3.05, 3.63) is 0 Å². The number of carbonyl (C=O) groups is 1. The third kappa shape index (κ3) is 4.18. The molecule has 1 rings (SSSR count). The molecule has 0 saturated carbocycles. The van der Waals surface area contributed by atoms with E-state index in [-0.39, 0.29) is 11.9 Å². The topological polar surface area (TPSA) is 58.4 Å². The first-order chi connectivity index (χ1) is 7.13. The quantitative estimate of drug-likeness (QED) is 0.668. The Balaban J connectivity index is 2.20. The number of hydrogen-bond acceptors (Lipinski definition) is 3. The molecule has 0 bridgehead atoms. The van der Waals surface area contributed by atoms with Crippen LogP contribution in [0.3, 0.4) is 0 Å². The lowest BCUT2D eigenvalue weighted by Gasteiger charge is -2.21. The maximum absolute atomic E-state index is 11.0. The third-order valence-corrected chi connectivity index (χ3v) is 3.01. The Labute approximate surface area is 92.2 Å². The van der Waals surface area contributed by atoms with Crippen molar-refractivity contribution in [2.75, 3.05) is 20.1 Å². The lowest BCUT2D eigenvalue weighted by Crippen LogP contribution is -2.43. The number of nitrogens with two attached hydrogens (primary N) is 1. The highest BCUT2D eigenvalue weighted by Gasteiger charge is 2.27. The molecule has 1 saturated heterocycles. The molecule has 1 heterocycles. The van der Waals surface area contributed by atoms with Crippen LogP contribution in [0.2, 0.25) is 0 Å². The van der Waals surface area contributed by atoms with Gasteiger partial charge in [-0.15, -0.1) is 0 Å². The average Bonchev–Trinajstić information content (AvgIpc) is 2.63. The van der Waals surface area contributed by atoms with Gasteiger partial charge in [-0.25, -0.2) is 0 Å². The minimum absolute atomic E-state index is 0.102. The first-order valence-corrected chi connectivity index (χ1v) is 5.87. The van der Waals surface area contributed by atoms with Gasteiger partial charge in [-0.2, -0.15) is 0 Å². The molecule has 2 atom stereocenters. The Kier molecular flexibility index (Phi) is 5.05. The van der Waals surface area contributed by atoms with E-state index in [1.165, 1.54) is 12.8 Å². The highest BCUT2D eigenvalue weighted by atomic mass is 16.1.